The van der Waals surface area contributed by atoms with Crippen LogP contribution in [0.25, 0.3) is 0 Å². The van der Waals surface area contributed by atoms with Crippen molar-refractivity contribution in [3.05, 3.63) is 0 Å². The fourth-order valence-electron chi connectivity index (χ4n) is 4.08. The normalized spacial score (nSPS) is 38.2. The Bertz CT molecular complexity index is 292. The molecule has 0 radical (unpaired) electrons. The van der Waals surface area contributed by atoms with E-state index in [-0.39, 0.29) is 18.3 Å². The second-order valence-electron chi connectivity index (χ2n) is 6.22. The summed E-state index contributed by atoms with van der Waals surface area (Å²) in [7, 11) is 0. The predicted molar refractivity (Wildman–Crippen MR) is 74.8 cm³/mol. The average molecular weight is 273 g/mol. The Balaban J connectivity index is 0.00000120. The van der Waals surface area contributed by atoms with Crippen LogP contribution in [-0.4, -0.2) is 25.5 Å². The number of halogens is 1. The SMILES string of the molecule is Cl.O=C(NCC1CC2CCC1C2)[C@@H]1CCCNC1. The molecule has 0 aromatic heterocycles. The highest BCUT2D eigenvalue weighted by molar-refractivity contribution is 5.85. The third kappa shape index (κ3) is 3.00. The molecule has 3 unspecified atom stereocenters. The summed E-state index contributed by atoms with van der Waals surface area (Å²) >= 11 is 0. The zero-order valence-corrected chi connectivity index (χ0v) is 11.8. The lowest BCUT2D eigenvalue weighted by Gasteiger charge is -2.25. The quantitative estimate of drug-likeness (QED) is 0.825. The summed E-state index contributed by atoms with van der Waals surface area (Å²) in [5, 5.41) is 6.51. The summed E-state index contributed by atoms with van der Waals surface area (Å²) in [5.74, 6) is 3.21. The highest BCUT2D eigenvalue weighted by Crippen LogP contribution is 2.47. The maximum absolute atomic E-state index is 12.0. The van der Waals surface area contributed by atoms with Crippen molar-refractivity contribution in [1.82, 2.24) is 10.6 Å². The van der Waals surface area contributed by atoms with Gasteiger partial charge in [-0.15, -0.1) is 12.4 Å². The Morgan fingerprint density at radius 3 is 2.72 bits per heavy atom. The molecule has 1 saturated heterocycles. The molecule has 4 atom stereocenters. The molecule has 3 fully saturated rings. The molecule has 1 amide bonds. The molecule has 1 heterocycles. The van der Waals surface area contributed by atoms with Gasteiger partial charge in [0.2, 0.25) is 5.91 Å². The number of nitrogens with one attached hydrogen (secondary N) is 2. The molecule has 2 saturated carbocycles. The largest absolute Gasteiger partial charge is 0.356 e. The van der Waals surface area contributed by atoms with Gasteiger partial charge in [0, 0.05) is 13.1 Å². The van der Waals surface area contributed by atoms with Gasteiger partial charge in [-0.25, -0.2) is 0 Å². The van der Waals surface area contributed by atoms with E-state index in [0.717, 1.165) is 50.2 Å². The molecule has 104 valence electrons. The van der Waals surface area contributed by atoms with E-state index in [1.165, 1.54) is 25.7 Å². The lowest BCUT2D eigenvalue weighted by Crippen LogP contribution is -2.42. The Morgan fingerprint density at radius 1 is 1.22 bits per heavy atom. The van der Waals surface area contributed by atoms with Gasteiger partial charge in [0.1, 0.15) is 0 Å². The zero-order valence-electron chi connectivity index (χ0n) is 11.0. The van der Waals surface area contributed by atoms with E-state index in [1.807, 2.05) is 0 Å². The first-order chi connectivity index (χ1) is 8.33. The lowest BCUT2D eigenvalue weighted by atomic mass is 9.88. The maximum atomic E-state index is 12.0. The van der Waals surface area contributed by atoms with Crippen molar-refractivity contribution in [2.45, 2.75) is 38.5 Å². The summed E-state index contributed by atoms with van der Waals surface area (Å²) in [4.78, 5) is 12.0. The van der Waals surface area contributed by atoms with Gasteiger partial charge in [-0.3, -0.25) is 4.79 Å². The molecule has 3 aliphatic rings. The Labute approximate surface area is 116 Å². The first kappa shape index (κ1) is 14.1. The standard InChI is InChI=1S/C14H24N2O.ClH/c17-14(12-2-1-5-15-8-12)16-9-13-7-10-3-4-11(13)6-10;/h10-13,15H,1-9H2,(H,16,17);1H/t10?,11?,12-,13?;/m1./s1. The lowest BCUT2D eigenvalue weighted by molar-refractivity contribution is -0.125. The first-order valence-corrected chi connectivity index (χ1v) is 7.31. The highest BCUT2D eigenvalue weighted by Gasteiger charge is 2.39. The smallest absolute Gasteiger partial charge is 0.224 e. The van der Waals surface area contributed by atoms with E-state index in [4.69, 9.17) is 0 Å². The molecule has 2 aliphatic carbocycles. The number of amides is 1. The minimum atomic E-state index is 0. The number of carbonyl (C=O) groups excluding carboxylic acids is 1. The number of hydrogen-bond donors (Lipinski definition) is 2. The van der Waals surface area contributed by atoms with Crippen LogP contribution >= 0.6 is 12.4 Å². The van der Waals surface area contributed by atoms with Crippen LogP contribution in [0.15, 0.2) is 0 Å². The van der Waals surface area contributed by atoms with Crippen LogP contribution in [0.1, 0.15) is 38.5 Å². The molecular weight excluding hydrogens is 248 g/mol. The first-order valence-electron chi connectivity index (χ1n) is 7.31. The van der Waals surface area contributed by atoms with E-state index in [0.29, 0.717) is 5.91 Å². The highest BCUT2D eigenvalue weighted by atomic mass is 35.5. The van der Waals surface area contributed by atoms with Gasteiger partial charge in [0.05, 0.1) is 5.92 Å². The number of piperidine rings is 1. The van der Waals surface area contributed by atoms with Gasteiger partial charge in [-0.1, -0.05) is 6.42 Å². The van der Waals surface area contributed by atoms with Crippen LogP contribution in [0, 0.1) is 23.7 Å². The van der Waals surface area contributed by atoms with Crippen molar-refractivity contribution in [2.24, 2.45) is 23.7 Å². The zero-order chi connectivity index (χ0) is 11.7. The number of rotatable bonds is 3. The van der Waals surface area contributed by atoms with Crippen molar-refractivity contribution in [1.29, 1.82) is 0 Å². The molecule has 1 aliphatic heterocycles. The summed E-state index contributed by atoms with van der Waals surface area (Å²) in [5.41, 5.74) is 0. The van der Waals surface area contributed by atoms with Crippen molar-refractivity contribution in [3.63, 3.8) is 0 Å². The van der Waals surface area contributed by atoms with Crippen molar-refractivity contribution < 1.29 is 4.79 Å². The van der Waals surface area contributed by atoms with Crippen molar-refractivity contribution in [3.8, 4) is 0 Å². The minimum Gasteiger partial charge on any atom is -0.356 e. The van der Waals surface area contributed by atoms with Gasteiger partial charge in [-0.2, -0.15) is 0 Å². The summed E-state index contributed by atoms with van der Waals surface area (Å²) in [6, 6.07) is 0. The molecule has 2 N–H and O–H groups in total. The molecule has 3 nitrogen and oxygen atoms in total. The van der Waals surface area contributed by atoms with Crippen molar-refractivity contribution >= 4 is 18.3 Å². The molecule has 0 aromatic carbocycles. The molecular formula is C14H25ClN2O. The molecule has 3 rings (SSSR count). The topological polar surface area (TPSA) is 41.1 Å². The second kappa shape index (κ2) is 6.25. The van der Waals surface area contributed by atoms with E-state index in [1.54, 1.807) is 0 Å². The van der Waals surface area contributed by atoms with E-state index >= 15 is 0 Å². The van der Waals surface area contributed by atoms with Gasteiger partial charge in [-0.05, 0) is 56.4 Å². The van der Waals surface area contributed by atoms with Crippen LogP contribution in [0.3, 0.4) is 0 Å². The van der Waals surface area contributed by atoms with Gasteiger partial charge < -0.3 is 10.6 Å². The van der Waals surface area contributed by atoms with Crippen LogP contribution in [0.4, 0.5) is 0 Å². The Morgan fingerprint density at radius 2 is 2.11 bits per heavy atom. The Kier molecular flexibility index (Phi) is 4.91. The van der Waals surface area contributed by atoms with Crippen LogP contribution in [0.2, 0.25) is 0 Å². The second-order valence-corrected chi connectivity index (χ2v) is 6.22. The number of fused-ring (bicyclic) bond motifs is 2. The Hall–Kier alpha value is -0.280. The molecule has 4 heteroatoms. The number of hydrogen-bond acceptors (Lipinski definition) is 2. The van der Waals surface area contributed by atoms with Gasteiger partial charge in [0.15, 0.2) is 0 Å². The third-order valence-electron chi connectivity index (χ3n) is 5.09. The number of carbonyl (C=O) groups is 1. The summed E-state index contributed by atoms with van der Waals surface area (Å²) in [6.45, 7) is 2.90. The van der Waals surface area contributed by atoms with Gasteiger partial charge >= 0.3 is 0 Å². The van der Waals surface area contributed by atoms with Crippen LogP contribution in [-0.2, 0) is 4.79 Å². The fraction of sp³-hybridized carbons (Fsp3) is 0.929. The molecule has 0 spiro atoms. The summed E-state index contributed by atoms with van der Waals surface area (Å²) in [6.07, 6.45) is 7.87. The molecule has 18 heavy (non-hydrogen) atoms. The monoisotopic (exact) mass is 272 g/mol. The van der Waals surface area contributed by atoms with Crippen LogP contribution < -0.4 is 10.6 Å². The van der Waals surface area contributed by atoms with E-state index in [9.17, 15) is 4.79 Å². The van der Waals surface area contributed by atoms with Gasteiger partial charge in [0.25, 0.3) is 0 Å². The van der Waals surface area contributed by atoms with E-state index < -0.39 is 0 Å². The average Bonchev–Trinajstić information content (AvgIpc) is 2.99. The molecule has 0 aromatic rings. The van der Waals surface area contributed by atoms with Crippen molar-refractivity contribution in [2.75, 3.05) is 19.6 Å². The van der Waals surface area contributed by atoms with Crippen LogP contribution in [0.5, 0.6) is 0 Å². The van der Waals surface area contributed by atoms with E-state index in [2.05, 4.69) is 10.6 Å². The molecule has 2 bridgehead atoms. The minimum absolute atomic E-state index is 0. The predicted octanol–water partition coefficient (Wildman–Crippen LogP) is 1.96. The summed E-state index contributed by atoms with van der Waals surface area (Å²) < 4.78 is 0. The third-order valence-corrected chi connectivity index (χ3v) is 5.09. The maximum Gasteiger partial charge on any atom is 0.224 e. The fourth-order valence-corrected chi connectivity index (χ4v) is 4.08.